The minimum atomic E-state index is 0.632. The van der Waals surface area contributed by atoms with E-state index in [0.29, 0.717) is 5.92 Å². The number of rotatable bonds is 1. The van der Waals surface area contributed by atoms with Crippen molar-refractivity contribution in [1.29, 1.82) is 0 Å². The number of aryl methyl sites for hydroxylation is 2. The van der Waals surface area contributed by atoms with Crippen LogP contribution in [0.4, 0.5) is 5.69 Å². The maximum Gasteiger partial charge on any atom is 0.189 e. The molecule has 0 N–H and O–H groups in total. The zero-order chi connectivity index (χ0) is 17.5. The summed E-state index contributed by atoms with van der Waals surface area (Å²) in [7, 11) is 0. The van der Waals surface area contributed by atoms with E-state index in [1.807, 2.05) is 12.3 Å². The van der Waals surface area contributed by atoms with E-state index < -0.39 is 0 Å². The summed E-state index contributed by atoms with van der Waals surface area (Å²) in [6.07, 6.45) is 10.7. The third kappa shape index (κ3) is 2.36. The maximum atomic E-state index is 7.43. The topological polar surface area (TPSA) is 22.2 Å². The second-order valence-electron chi connectivity index (χ2n) is 7.66. The average Bonchev–Trinajstić information content (AvgIpc) is 2.89. The van der Waals surface area contributed by atoms with Gasteiger partial charge in [-0.1, -0.05) is 31.4 Å². The van der Waals surface area contributed by atoms with Gasteiger partial charge in [0.2, 0.25) is 0 Å². The molecule has 0 radical (unpaired) electrons. The fourth-order valence-corrected chi connectivity index (χ4v) is 5.02. The first-order valence-electron chi connectivity index (χ1n) is 9.84. The molecule has 0 atom stereocenters. The van der Waals surface area contributed by atoms with Crippen molar-refractivity contribution in [2.75, 3.05) is 0 Å². The SMILES string of the molecule is [C-]#[N+]c1ccc2c(C3CCCCC3)c3n(c2c1)CCCc1ncccc1-3. The van der Waals surface area contributed by atoms with Crippen molar-refractivity contribution in [3.05, 3.63) is 59.2 Å². The highest BCUT2D eigenvalue weighted by molar-refractivity contribution is 5.95. The Morgan fingerprint density at radius 2 is 1.96 bits per heavy atom. The Kier molecular flexibility index (Phi) is 3.78. The molecule has 3 heterocycles. The van der Waals surface area contributed by atoms with Crippen LogP contribution in [0.2, 0.25) is 0 Å². The van der Waals surface area contributed by atoms with Gasteiger partial charge in [-0.05, 0) is 55.4 Å². The number of benzene rings is 1. The van der Waals surface area contributed by atoms with Gasteiger partial charge < -0.3 is 4.57 Å². The normalized spacial score (nSPS) is 17.3. The fourth-order valence-electron chi connectivity index (χ4n) is 5.02. The molecular weight excluding hydrogens is 318 g/mol. The van der Waals surface area contributed by atoms with Crippen LogP contribution in [0.5, 0.6) is 0 Å². The van der Waals surface area contributed by atoms with Crippen LogP contribution < -0.4 is 0 Å². The van der Waals surface area contributed by atoms with E-state index in [-0.39, 0.29) is 0 Å². The maximum absolute atomic E-state index is 7.43. The minimum Gasteiger partial charge on any atom is -0.341 e. The predicted octanol–water partition coefficient (Wildman–Crippen LogP) is 6.25. The molecule has 26 heavy (non-hydrogen) atoms. The molecule has 130 valence electrons. The molecule has 3 aromatic rings. The summed E-state index contributed by atoms with van der Waals surface area (Å²) in [6, 6.07) is 10.6. The first-order chi connectivity index (χ1) is 12.9. The van der Waals surface area contributed by atoms with Gasteiger partial charge in [0.05, 0.1) is 12.3 Å². The van der Waals surface area contributed by atoms with E-state index in [4.69, 9.17) is 11.6 Å². The van der Waals surface area contributed by atoms with Gasteiger partial charge in [-0.15, -0.1) is 0 Å². The third-order valence-corrected chi connectivity index (χ3v) is 6.17. The van der Waals surface area contributed by atoms with E-state index in [1.165, 1.54) is 65.5 Å². The Labute approximate surface area is 154 Å². The van der Waals surface area contributed by atoms with Crippen LogP contribution >= 0.6 is 0 Å². The summed E-state index contributed by atoms with van der Waals surface area (Å²) in [4.78, 5) is 8.39. The molecule has 0 saturated heterocycles. The third-order valence-electron chi connectivity index (χ3n) is 6.17. The number of aromatic nitrogens is 2. The van der Waals surface area contributed by atoms with E-state index in [2.05, 4.69) is 33.7 Å². The van der Waals surface area contributed by atoms with Crippen molar-refractivity contribution in [2.24, 2.45) is 0 Å². The number of nitrogens with zero attached hydrogens (tertiary/aromatic N) is 3. The van der Waals surface area contributed by atoms with Crippen LogP contribution in [0.1, 0.15) is 55.7 Å². The van der Waals surface area contributed by atoms with Crippen LogP contribution in [-0.2, 0) is 13.0 Å². The standard InChI is InChI=1S/C23H23N3/c1-24-17-11-12-19-21(15-17)26-14-6-10-20-18(9-5-13-25-20)23(26)22(19)16-7-3-2-4-8-16/h5,9,11-13,15-16H,2-4,6-8,10,14H2. The van der Waals surface area contributed by atoms with Crippen molar-refractivity contribution in [3.8, 4) is 11.3 Å². The molecule has 1 fully saturated rings. The van der Waals surface area contributed by atoms with E-state index >= 15 is 0 Å². The molecule has 0 amide bonds. The van der Waals surface area contributed by atoms with Crippen molar-refractivity contribution in [2.45, 2.75) is 57.4 Å². The second kappa shape index (κ2) is 6.29. The van der Waals surface area contributed by atoms with Gasteiger partial charge in [0, 0.05) is 34.9 Å². The highest BCUT2D eigenvalue weighted by Gasteiger charge is 2.28. The largest absolute Gasteiger partial charge is 0.341 e. The quantitative estimate of drug-likeness (QED) is 0.480. The van der Waals surface area contributed by atoms with Gasteiger partial charge >= 0.3 is 0 Å². The van der Waals surface area contributed by atoms with Crippen molar-refractivity contribution >= 4 is 16.6 Å². The Morgan fingerprint density at radius 1 is 1.08 bits per heavy atom. The van der Waals surface area contributed by atoms with Gasteiger partial charge in [-0.2, -0.15) is 0 Å². The van der Waals surface area contributed by atoms with Crippen LogP contribution in [0.25, 0.3) is 27.0 Å². The first kappa shape index (κ1) is 15.6. The lowest BCUT2D eigenvalue weighted by molar-refractivity contribution is 0.445. The van der Waals surface area contributed by atoms with E-state index in [9.17, 15) is 0 Å². The lowest BCUT2D eigenvalue weighted by atomic mass is 9.81. The highest BCUT2D eigenvalue weighted by Crippen LogP contribution is 2.46. The number of hydrogen-bond donors (Lipinski definition) is 0. The molecule has 0 unspecified atom stereocenters. The van der Waals surface area contributed by atoms with Crippen LogP contribution in [0, 0.1) is 6.57 Å². The number of pyridine rings is 1. The summed E-state index contributed by atoms with van der Waals surface area (Å²) in [5.74, 6) is 0.632. The second-order valence-corrected chi connectivity index (χ2v) is 7.66. The molecule has 0 spiro atoms. The van der Waals surface area contributed by atoms with E-state index in [0.717, 1.165) is 25.1 Å². The fraction of sp³-hybridized carbons (Fsp3) is 0.391. The van der Waals surface area contributed by atoms with Gasteiger partial charge in [-0.25, -0.2) is 4.85 Å². The van der Waals surface area contributed by atoms with Crippen molar-refractivity contribution in [3.63, 3.8) is 0 Å². The molecule has 0 bridgehead atoms. The van der Waals surface area contributed by atoms with Crippen LogP contribution in [-0.4, -0.2) is 9.55 Å². The zero-order valence-electron chi connectivity index (χ0n) is 15.0. The molecule has 3 heteroatoms. The smallest absolute Gasteiger partial charge is 0.189 e. The Morgan fingerprint density at radius 3 is 2.81 bits per heavy atom. The Bertz CT molecular complexity index is 1020. The predicted molar refractivity (Wildman–Crippen MR) is 106 cm³/mol. The summed E-state index contributed by atoms with van der Waals surface area (Å²) in [5.41, 5.74) is 7.43. The van der Waals surface area contributed by atoms with Gasteiger partial charge in [0.15, 0.2) is 5.69 Å². The van der Waals surface area contributed by atoms with Crippen molar-refractivity contribution in [1.82, 2.24) is 9.55 Å². The van der Waals surface area contributed by atoms with Crippen molar-refractivity contribution < 1.29 is 0 Å². The summed E-state index contributed by atoms with van der Waals surface area (Å²) in [5, 5.41) is 1.36. The Balaban J connectivity index is 1.85. The molecule has 2 aliphatic rings. The molecule has 1 aliphatic heterocycles. The van der Waals surface area contributed by atoms with E-state index in [1.54, 1.807) is 0 Å². The molecule has 1 aliphatic carbocycles. The van der Waals surface area contributed by atoms with Gasteiger partial charge in [0.25, 0.3) is 0 Å². The molecule has 1 aromatic carbocycles. The molecule has 3 nitrogen and oxygen atoms in total. The number of hydrogen-bond acceptors (Lipinski definition) is 1. The van der Waals surface area contributed by atoms with Crippen LogP contribution in [0.15, 0.2) is 36.5 Å². The molecule has 2 aromatic heterocycles. The summed E-state index contributed by atoms with van der Waals surface area (Å²) in [6.45, 7) is 8.44. The molecule has 1 saturated carbocycles. The number of fused-ring (bicyclic) bond motifs is 5. The molecular formula is C23H23N3. The Hall–Kier alpha value is -2.60. The molecule has 5 rings (SSSR count). The minimum absolute atomic E-state index is 0.632. The average molecular weight is 341 g/mol. The lowest BCUT2D eigenvalue weighted by Crippen LogP contribution is -2.07. The van der Waals surface area contributed by atoms with Gasteiger partial charge in [0.1, 0.15) is 0 Å². The lowest BCUT2D eigenvalue weighted by Gasteiger charge is -2.23. The monoisotopic (exact) mass is 341 g/mol. The van der Waals surface area contributed by atoms with Gasteiger partial charge in [-0.3, -0.25) is 4.98 Å². The first-order valence-corrected chi connectivity index (χ1v) is 9.84. The highest BCUT2D eigenvalue weighted by atomic mass is 15.0. The summed E-state index contributed by atoms with van der Waals surface area (Å²) >= 11 is 0. The summed E-state index contributed by atoms with van der Waals surface area (Å²) < 4.78 is 2.49. The van der Waals surface area contributed by atoms with Crippen LogP contribution in [0.3, 0.4) is 0 Å². The zero-order valence-corrected chi connectivity index (χ0v) is 15.0.